The minimum atomic E-state index is -0.582. The fraction of sp³-hybridized carbons (Fsp3) is 0.0526. The smallest absolute Gasteiger partial charge is 0.259 e. The van der Waals surface area contributed by atoms with E-state index in [1.807, 2.05) is 13.0 Å². The number of carbonyl (C=O) groups is 1. The van der Waals surface area contributed by atoms with Crippen molar-refractivity contribution in [1.82, 2.24) is 15.0 Å². The molecule has 0 aliphatic carbocycles. The van der Waals surface area contributed by atoms with E-state index in [0.717, 1.165) is 21.3 Å². The van der Waals surface area contributed by atoms with Crippen LogP contribution in [0.3, 0.4) is 0 Å². The number of hydrogen-bond acceptors (Lipinski definition) is 5. The third-order valence-electron chi connectivity index (χ3n) is 3.97. The van der Waals surface area contributed by atoms with Gasteiger partial charge in [0.2, 0.25) is 0 Å². The van der Waals surface area contributed by atoms with E-state index in [1.165, 1.54) is 24.4 Å². The molecular weight excluding hydrogens is 351 g/mol. The van der Waals surface area contributed by atoms with E-state index in [0.29, 0.717) is 5.69 Å². The summed E-state index contributed by atoms with van der Waals surface area (Å²) in [5.41, 5.74) is 5.36. The van der Waals surface area contributed by atoms with Gasteiger partial charge in [-0.1, -0.05) is 12.1 Å². The second-order valence-corrected chi connectivity index (χ2v) is 6.59. The standard InChI is InChI=1S/C19H13FN4OS/c1-11-6-17-15(23-10-26-17)7-13(11)16-8-22-18(9-21-16)24-19(25)12-4-2-3-5-14(12)20/h2-10H,1H3,(H,22,24,25). The first-order chi connectivity index (χ1) is 12.6. The van der Waals surface area contributed by atoms with Gasteiger partial charge >= 0.3 is 0 Å². The van der Waals surface area contributed by atoms with Crippen molar-refractivity contribution in [2.75, 3.05) is 5.32 Å². The third kappa shape index (κ3) is 3.04. The second kappa shape index (κ2) is 6.61. The summed E-state index contributed by atoms with van der Waals surface area (Å²) in [4.78, 5) is 25.1. The molecule has 0 saturated carbocycles. The molecule has 0 spiro atoms. The van der Waals surface area contributed by atoms with Crippen molar-refractivity contribution >= 4 is 33.3 Å². The number of carbonyl (C=O) groups excluding carboxylic acids is 1. The molecule has 0 bridgehead atoms. The highest BCUT2D eigenvalue weighted by Gasteiger charge is 2.13. The van der Waals surface area contributed by atoms with Crippen molar-refractivity contribution in [1.29, 1.82) is 0 Å². The molecule has 128 valence electrons. The van der Waals surface area contributed by atoms with Gasteiger partial charge in [0.1, 0.15) is 5.82 Å². The fourth-order valence-electron chi connectivity index (χ4n) is 2.64. The monoisotopic (exact) mass is 364 g/mol. The van der Waals surface area contributed by atoms with Crippen LogP contribution >= 0.6 is 11.3 Å². The van der Waals surface area contributed by atoms with Crippen LogP contribution in [0.1, 0.15) is 15.9 Å². The van der Waals surface area contributed by atoms with Crippen molar-refractivity contribution in [2.45, 2.75) is 6.92 Å². The largest absolute Gasteiger partial charge is 0.305 e. The molecule has 0 aliphatic rings. The number of aryl methyl sites for hydroxylation is 1. The topological polar surface area (TPSA) is 67.8 Å². The number of aromatic nitrogens is 3. The summed E-state index contributed by atoms with van der Waals surface area (Å²) in [6.07, 6.45) is 3.04. The Hall–Kier alpha value is -3.19. The molecule has 7 heteroatoms. The predicted molar refractivity (Wildman–Crippen MR) is 99.7 cm³/mol. The number of halogens is 1. The van der Waals surface area contributed by atoms with Crippen LogP contribution in [-0.2, 0) is 0 Å². The number of benzene rings is 2. The van der Waals surface area contributed by atoms with Gasteiger partial charge in [-0.15, -0.1) is 11.3 Å². The van der Waals surface area contributed by atoms with Crippen LogP contribution in [0.5, 0.6) is 0 Å². The van der Waals surface area contributed by atoms with Crippen LogP contribution < -0.4 is 5.32 Å². The minimum Gasteiger partial charge on any atom is -0.305 e. The third-order valence-corrected chi connectivity index (χ3v) is 4.76. The molecular formula is C19H13FN4OS. The molecule has 0 saturated heterocycles. The molecule has 0 aliphatic heterocycles. The number of anilines is 1. The maximum Gasteiger partial charge on any atom is 0.259 e. The average Bonchev–Trinajstić information content (AvgIpc) is 3.09. The zero-order chi connectivity index (χ0) is 18.1. The van der Waals surface area contributed by atoms with Crippen molar-refractivity contribution in [3.05, 3.63) is 71.2 Å². The summed E-state index contributed by atoms with van der Waals surface area (Å²) in [5, 5.41) is 2.55. The van der Waals surface area contributed by atoms with E-state index in [2.05, 4.69) is 26.3 Å². The highest BCUT2D eigenvalue weighted by Crippen LogP contribution is 2.28. The summed E-state index contributed by atoms with van der Waals surface area (Å²) in [7, 11) is 0. The quantitative estimate of drug-likeness (QED) is 0.583. The highest BCUT2D eigenvalue weighted by molar-refractivity contribution is 7.16. The summed E-state index contributed by atoms with van der Waals surface area (Å²) < 4.78 is 14.8. The lowest BCUT2D eigenvalue weighted by molar-refractivity contribution is 0.102. The molecule has 26 heavy (non-hydrogen) atoms. The van der Waals surface area contributed by atoms with Crippen molar-refractivity contribution in [3.8, 4) is 11.3 Å². The molecule has 2 aromatic heterocycles. The lowest BCUT2D eigenvalue weighted by atomic mass is 10.1. The zero-order valence-corrected chi connectivity index (χ0v) is 14.5. The molecule has 1 amide bonds. The van der Waals surface area contributed by atoms with E-state index in [4.69, 9.17) is 0 Å². The van der Waals surface area contributed by atoms with Gasteiger partial charge in [-0.05, 0) is 36.8 Å². The van der Waals surface area contributed by atoms with Crippen molar-refractivity contribution < 1.29 is 9.18 Å². The molecule has 0 atom stereocenters. The Labute approximate surface area is 152 Å². The van der Waals surface area contributed by atoms with Crippen LogP contribution in [-0.4, -0.2) is 20.9 Å². The van der Waals surface area contributed by atoms with Crippen molar-refractivity contribution in [2.24, 2.45) is 0 Å². The first-order valence-corrected chi connectivity index (χ1v) is 8.72. The predicted octanol–water partition coefficient (Wildman–Crippen LogP) is 4.45. The van der Waals surface area contributed by atoms with Gasteiger partial charge < -0.3 is 5.32 Å². The first kappa shape index (κ1) is 16.3. The second-order valence-electron chi connectivity index (χ2n) is 5.71. The summed E-state index contributed by atoms with van der Waals surface area (Å²) in [6.45, 7) is 2.00. The number of rotatable bonds is 3. The summed E-state index contributed by atoms with van der Waals surface area (Å²) >= 11 is 1.59. The van der Waals surface area contributed by atoms with Crippen LogP contribution in [0.15, 0.2) is 54.3 Å². The van der Waals surface area contributed by atoms with Gasteiger partial charge in [0.15, 0.2) is 5.82 Å². The Bertz CT molecular complexity index is 1110. The lowest BCUT2D eigenvalue weighted by Gasteiger charge is -2.08. The molecule has 5 nitrogen and oxygen atoms in total. The van der Waals surface area contributed by atoms with Gasteiger partial charge in [-0.2, -0.15) is 0 Å². The highest BCUT2D eigenvalue weighted by atomic mass is 32.1. The van der Waals surface area contributed by atoms with Crippen LogP contribution in [0.2, 0.25) is 0 Å². The van der Waals surface area contributed by atoms with E-state index >= 15 is 0 Å². The number of nitrogens with one attached hydrogen (secondary N) is 1. The molecule has 2 heterocycles. The molecule has 4 rings (SSSR count). The van der Waals surface area contributed by atoms with E-state index in [9.17, 15) is 9.18 Å². The van der Waals surface area contributed by atoms with E-state index in [1.54, 1.807) is 29.1 Å². The van der Waals surface area contributed by atoms with Crippen LogP contribution in [0.25, 0.3) is 21.5 Å². The number of thiazole rings is 1. The van der Waals surface area contributed by atoms with Gasteiger partial charge in [-0.25, -0.2) is 14.4 Å². The van der Waals surface area contributed by atoms with Gasteiger partial charge in [0.25, 0.3) is 5.91 Å². The molecule has 1 N–H and O–H groups in total. The average molecular weight is 364 g/mol. The van der Waals surface area contributed by atoms with Gasteiger partial charge in [0, 0.05) is 5.56 Å². The van der Waals surface area contributed by atoms with Crippen LogP contribution in [0, 0.1) is 12.7 Å². The Morgan fingerprint density at radius 1 is 1.12 bits per heavy atom. The van der Waals surface area contributed by atoms with Gasteiger partial charge in [-0.3, -0.25) is 9.78 Å². The molecule has 0 radical (unpaired) electrons. The maximum absolute atomic E-state index is 13.7. The van der Waals surface area contributed by atoms with Gasteiger partial charge in [0.05, 0.1) is 39.4 Å². The molecule has 2 aromatic carbocycles. The molecule has 0 fully saturated rings. The van der Waals surface area contributed by atoms with E-state index in [-0.39, 0.29) is 11.4 Å². The molecule has 4 aromatic rings. The Morgan fingerprint density at radius 3 is 2.73 bits per heavy atom. The number of amides is 1. The van der Waals surface area contributed by atoms with E-state index < -0.39 is 11.7 Å². The summed E-state index contributed by atoms with van der Waals surface area (Å²) in [6, 6.07) is 9.83. The Balaban J connectivity index is 1.59. The van der Waals surface area contributed by atoms with Crippen LogP contribution in [0.4, 0.5) is 10.2 Å². The first-order valence-electron chi connectivity index (χ1n) is 7.84. The molecule has 0 unspecified atom stereocenters. The van der Waals surface area contributed by atoms with Crippen molar-refractivity contribution in [3.63, 3.8) is 0 Å². The Kier molecular flexibility index (Phi) is 4.14. The number of nitrogens with zero attached hydrogens (tertiary/aromatic N) is 3. The maximum atomic E-state index is 13.7. The zero-order valence-electron chi connectivity index (χ0n) is 13.7. The lowest BCUT2D eigenvalue weighted by Crippen LogP contribution is -2.14. The Morgan fingerprint density at radius 2 is 1.96 bits per heavy atom. The number of fused-ring (bicyclic) bond motifs is 1. The fourth-order valence-corrected chi connectivity index (χ4v) is 3.40. The number of hydrogen-bond donors (Lipinski definition) is 1. The minimum absolute atomic E-state index is 0.0387. The SMILES string of the molecule is Cc1cc2scnc2cc1-c1cnc(NC(=O)c2ccccc2F)cn1. The normalized spacial score (nSPS) is 10.8. The summed E-state index contributed by atoms with van der Waals surface area (Å²) in [5.74, 6) is -0.888.